The monoisotopic (exact) mass is 556 g/mol. The fourth-order valence-electron chi connectivity index (χ4n) is 5.41. The topological polar surface area (TPSA) is 54.0 Å². The molecule has 0 radical (unpaired) electrons. The zero-order valence-corrected chi connectivity index (χ0v) is 22.6. The lowest BCUT2D eigenvalue weighted by molar-refractivity contribution is -0.144. The summed E-state index contributed by atoms with van der Waals surface area (Å²) >= 11 is 0. The van der Waals surface area contributed by atoms with E-state index in [9.17, 15) is 9.18 Å². The maximum atomic E-state index is 15.0. The minimum Gasteiger partial charge on any atom is -0.486 e. The lowest BCUT2D eigenvalue weighted by Crippen LogP contribution is -2.07. The molecule has 4 aromatic rings. The fraction of sp³-hybridized carbons (Fsp3) is 0.265. The van der Waals surface area contributed by atoms with Crippen molar-refractivity contribution in [2.24, 2.45) is 5.92 Å². The predicted octanol–water partition coefficient (Wildman–Crippen LogP) is 8.07. The van der Waals surface area contributed by atoms with Gasteiger partial charge < -0.3 is 18.9 Å². The number of carbonyl (C=O) groups excluding carboxylic acids is 1. The average molecular weight is 557 g/mol. The quantitative estimate of drug-likeness (QED) is 0.185. The third-order valence-electron chi connectivity index (χ3n) is 7.57. The highest BCUT2D eigenvalue weighted by Crippen LogP contribution is 2.49. The first-order chi connectivity index (χ1) is 20.0. The molecule has 3 unspecified atom stereocenters. The van der Waals surface area contributed by atoms with E-state index in [1.54, 1.807) is 19.1 Å². The first-order valence-corrected chi connectivity index (χ1v) is 13.9. The summed E-state index contributed by atoms with van der Waals surface area (Å²) in [6, 6.07) is 24.5. The van der Waals surface area contributed by atoms with Gasteiger partial charge in [-0.1, -0.05) is 42.5 Å². The third-order valence-corrected chi connectivity index (χ3v) is 7.57. The van der Waals surface area contributed by atoms with Crippen molar-refractivity contribution in [3.05, 3.63) is 119 Å². The minimum absolute atomic E-state index is 0.0811. The molecule has 2 aliphatic rings. The van der Waals surface area contributed by atoms with Crippen LogP contribution in [-0.2, 0) is 22.6 Å². The number of halogens is 2. The van der Waals surface area contributed by atoms with Gasteiger partial charge in [0.1, 0.15) is 35.8 Å². The summed E-state index contributed by atoms with van der Waals surface area (Å²) in [7, 11) is 0. The first-order valence-electron chi connectivity index (χ1n) is 13.9. The summed E-state index contributed by atoms with van der Waals surface area (Å²) in [5.74, 6) is 0.553. The molecule has 0 amide bonds. The Labute approximate surface area is 237 Å². The molecule has 0 saturated heterocycles. The molecule has 210 valence electrons. The summed E-state index contributed by atoms with van der Waals surface area (Å²) in [6.07, 6.45) is 1.46. The summed E-state index contributed by atoms with van der Waals surface area (Å²) in [5.41, 5.74) is 3.17. The van der Waals surface area contributed by atoms with Crippen molar-refractivity contribution in [3.8, 4) is 23.0 Å². The molecule has 0 spiro atoms. The lowest BCUT2D eigenvalue weighted by Gasteiger charge is -2.17. The van der Waals surface area contributed by atoms with Crippen LogP contribution in [0.4, 0.5) is 8.78 Å². The molecule has 7 heteroatoms. The van der Waals surface area contributed by atoms with Gasteiger partial charge in [0.05, 0.1) is 12.5 Å². The van der Waals surface area contributed by atoms with Crippen LogP contribution < -0.4 is 14.2 Å². The van der Waals surface area contributed by atoms with Gasteiger partial charge in [-0.3, -0.25) is 4.79 Å². The Bertz CT molecular complexity index is 1540. The van der Waals surface area contributed by atoms with Gasteiger partial charge in [-0.05, 0) is 79.6 Å². The van der Waals surface area contributed by atoms with Crippen molar-refractivity contribution >= 4 is 5.97 Å². The molecule has 0 aromatic heterocycles. The number of hydrogen-bond acceptors (Lipinski definition) is 5. The van der Waals surface area contributed by atoms with Gasteiger partial charge in [-0.25, -0.2) is 8.78 Å². The molecule has 3 atom stereocenters. The van der Waals surface area contributed by atoms with Gasteiger partial charge >= 0.3 is 5.97 Å². The highest BCUT2D eigenvalue weighted by molar-refractivity contribution is 5.77. The molecule has 0 heterocycles. The highest BCUT2D eigenvalue weighted by Gasteiger charge is 2.45. The van der Waals surface area contributed by atoms with Crippen LogP contribution in [0.5, 0.6) is 23.0 Å². The molecule has 0 bridgehead atoms. The van der Waals surface area contributed by atoms with Gasteiger partial charge in [0, 0.05) is 17.2 Å². The molecular formula is C34H30F2O5. The van der Waals surface area contributed by atoms with Crippen LogP contribution in [0.2, 0.25) is 0 Å². The number of carbonyl (C=O) groups is 1. The SMILES string of the molecule is CCOC(=O)C1CC1c1ccc(OC2CCc3c(Oc4ccc(OCc5ccccc5)c(F)c4)ccc(F)c32)cc1. The van der Waals surface area contributed by atoms with E-state index < -0.39 is 11.9 Å². The molecule has 1 saturated carbocycles. The fourth-order valence-corrected chi connectivity index (χ4v) is 5.41. The molecular weight excluding hydrogens is 526 g/mol. The van der Waals surface area contributed by atoms with E-state index in [0.29, 0.717) is 47.8 Å². The molecule has 4 aromatic carbocycles. The average Bonchev–Trinajstić information content (AvgIpc) is 3.68. The normalized spacial score (nSPS) is 18.9. The molecule has 1 fully saturated rings. The highest BCUT2D eigenvalue weighted by atomic mass is 19.1. The molecule has 0 N–H and O–H groups in total. The second-order valence-electron chi connectivity index (χ2n) is 10.3. The van der Waals surface area contributed by atoms with Crippen LogP contribution in [0, 0.1) is 17.6 Å². The Morgan fingerprint density at radius 1 is 0.878 bits per heavy atom. The molecule has 5 nitrogen and oxygen atoms in total. The largest absolute Gasteiger partial charge is 0.486 e. The molecule has 6 rings (SSSR count). The van der Waals surface area contributed by atoms with E-state index >= 15 is 4.39 Å². The summed E-state index contributed by atoms with van der Waals surface area (Å²) in [5, 5.41) is 0. The summed E-state index contributed by atoms with van der Waals surface area (Å²) in [4.78, 5) is 12.0. The van der Waals surface area contributed by atoms with Crippen LogP contribution in [0.25, 0.3) is 0 Å². The van der Waals surface area contributed by atoms with Crippen LogP contribution in [0.15, 0.2) is 84.9 Å². The van der Waals surface area contributed by atoms with E-state index in [-0.39, 0.29) is 36.0 Å². The zero-order chi connectivity index (χ0) is 28.3. The van der Waals surface area contributed by atoms with Crippen molar-refractivity contribution in [1.29, 1.82) is 0 Å². The standard InChI is InChI=1S/C34H30F2O5/c1-2-38-34(37)27-19-26(27)22-8-10-23(11-9-22)40-32-16-13-25-30(17-14-28(35)33(25)32)41-24-12-15-31(29(36)18-24)39-20-21-6-4-3-5-7-21/h3-12,14-15,17-18,26-27,32H,2,13,16,19-20H2,1H3. The van der Waals surface area contributed by atoms with Gasteiger partial charge in [-0.2, -0.15) is 0 Å². The van der Waals surface area contributed by atoms with Crippen molar-refractivity contribution in [1.82, 2.24) is 0 Å². The number of benzene rings is 4. The predicted molar refractivity (Wildman–Crippen MR) is 149 cm³/mol. The number of esters is 1. The Hall–Kier alpha value is -4.39. The lowest BCUT2D eigenvalue weighted by atomic mass is 10.1. The second kappa shape index (κ2) is 11.6. The molecule has 0 aliphatic heterocycles. The van der Waals surface area contributed by atoms with Crippen LogP contribution in [0.1, 0.15) is 54.0 Å². The van der Waals surface area contributed by atoms with E-state index in [1.807, 2.05) is 54.6 Å². The van der Waals surface area contributed by atoms with Crippen LogP contribution in [-0.4, -0.2) is 12.6 Å². The maximum absolute atomic E-state index is 15.0. The number of fused-ring (bicyclic) bond motifs is 1. The van der Waals surface area contributed by atoms with Gasteiger partial charge in [0.25, 0.3) is 0 Å². The molecule has 2 aliphatic carbocycles. The van der Waals surface area contributed by atoms with E-state index in [4.69, 9.17) is 18.9 Å². The smallest absolute Gasteiger partial charge is 0.309 e. The molecule has 41 heavy (non-hydrogen) atoms. The van der Waals surface area contributed by atoms with Crippen molar-refractivity contribution in [2.75, 3.05) is 6.61 Å². The van der Waals surface area contributed by atoms with Crippen molar-refractivity contribution in [2.45, 2.75) is 44.8 Å². The van der Waals surface area contributed by atoms with Gasteiger partial charge in [0.15, 0.2) is 11.6 Å². The van der Waals surface area contributed by atoms with E-state index in [1.165, 1.54) is 18.2 Å². The third kappa shape index (κ3) is 5.89. The summed E-state index contributed by atoms with van der Waals surface area (Å²) < 4.78 is 52.7. The Kier molecular flexibility index (Phi) is 7.59. The van der Waals surface area contributed by atoms with E-state index in [2.05, 4.69) is 0 Å². The number of hydrogen-bond donors (Lipinski definition) is 0. The minimum atomic E-state index is -0.540. The number of rotatable bonds is 10. The maximum Gasteiger partial charge on any atom is 0.309 e. The van der Waals surface area contributed by atoms with Crippen molar-refractivity contribution < 1.29 is 32.5 Å². The van der Waals surface area contributed by atoms with Gasteiger partial charge in [-0.15, -0.1) is 0 Å². The van der Waals surface area contributed by atoms with Gasteiger partial charge in [0.2, 0.25) is 0 Å². The zero-order valence-electron chi connectivity index (χ0n) is 22.6. The summed E-state index contributed by atoms with van der Waals surface area (Å²) in [6.45, 7) is 2.44. The first kappa shape index (κ1) is 26.8. The second-order valence-corrected chi connectivity index (χ2v) is 10.3. The number of ether oxygens (including phenoxy) is 4. The van der Waals surface area contributed by atoms with Crippen LogP contribution >= 0.6 is 0 Å². The Balaban J connectivity index is 1.11. The van der Waals surface area contributed by atoms with Crippen LogP contribution in [0.3, 0.4) is 0 Å². The van der Waals surface area contributed by atoms with E-state index in [0.717, 1.165) is 17.5 Å². The Morgan fingerprint density at radius 3 is 2.39 bits per heavy atom. The Morgan fingerprint density at radius 2 is 1.63 bits per heavy atom. The van der Waals surface area contributed by atoms with Crippen molar-refractivity contribution in [3.63, 3.8) is 0 Å².